The van der Waals surface area contributed by atoms with Gasteiger partial charge in [0.2, 0.25) is 0 Å². The summed E-state index contributed by atoms with van der Waals surface area (Å²) in [6, 6.07) is 6.01. The lowest BCUT2D eigenvalue weighted by atomic mass is 9.79. The fourth-order valence-corrected chi connectivity index (χ4v) is 2.98. The number of nitrogens with zero attached hydrogens (tertiary/aromatic N) is 1. The van der Waals surface area contributed by atoms with E-state index in [2.05, 4.69) is 0 Å². The van der Waals surface area contributed by atoms with Gasteiger partial charge in [0.25, 0.3) is 0 Å². The van der Waals surface area contributed by atoms with Gasteiger partial charge in [0.05, 0.1) is 16.7 Å². The van der Waals surface area contributed by atoms with Gasteiger partial charge in [-0.25, -0.2) is 4.79 Å². The van der Waals surface area contributed by atoms with Crippen LogP contribution in [0, 0.1) is 6.92 Å². The molecule has 0 radical (unpaired) electrons. The second-order valence-electron chi connectivity index (χ2n) is 9.04. The molecule has 1 saturated heterocycles. The largest absolute Gasteiger partial charge is 0.497 e. The monoisotopic (exact) mass is 357 g/mol. The fraction of sp³-hybridized carbons (Fsp3) is 0.550. The van der Waals surface area contributed by atoms with Crippen LogP contribution < -0.4 is 5.46 Å². The highest BCUT2D eigenvalue weighted by molar-refractivity contribution is 6.65. The van der Waals surface area contributed by atoms with Crippen LogP contribution in [-0.4, -0.2) is 34.6 Å². The molecule has 1 aromatic heterocycles. The fourth-order valence-electron chi connectivity index (χ4n) is 2.98. The Morgan fingerprint density at radius 3 is 2.23 bits per heavy atom. The number of ether oxygens (including phenoxy) is 1. The Labute approximate surface area is 155 Å². The second kappa shape index (κ2) is 5.86. The van der Waals surface area contributed by atoms with E-state index in [1.54, 1.807) is 10.8 Å². The van der Waals surface area contributed by atoms with Crippen LogP contribution in [0.25, 0.3) is 10.9 Å². The molecule has 0 saturated carbocycles. The molecule has 3 rings (SSSR count). The van der Waals surface area contributed by atoms with Crippen molar-refractivity contribution in [3.63, 3.8) is 0 Å². The summed E-state index contributed by atoms with van der Waals surface area (Å²) < 4.78 is 19.5. The summed E-state index contributed by atoms with van der Waals surface area (Å²) in [7, 11) is -0.533. The van der Waals surface area contributed by atoms with Crippen LogP contribution in [0.1, 0.15) is 54.0 Å². The molecule has 0 atom stereocenters. The number of fused-ring (bicyclic) bond motifs is 1. The minimum atomic E-state index is -0.567. The second-order valence-corrected chi connectivity index (χ2v) is 9.04. The quantitative estimate of drug-likeness (QED) is 0.723. The molecule has 2 aromatic rings. The van der Waals surface area contributed by atoms with Crippen LogP contribution in [0.4, 0.5) is 4.79 Å². The van der Waals surface area contributed by atoms with E-state index in [9.17, 15) is 4.79 Å². The van der Waals surface area contributed by atoms with E-state index in [0.29, 0.717) is 0 Å². The maximum Gasteiger partial charge on any atom is 0.497 e. The molecule has 6 heteroatoms. The highest BCUT2D eigenvalue weighted by Gasteiger charge is 2.52. The first-order valence-electron chi connectivity index (χ1n) is 9.01. The lowest BCUT2D eigenvalue weighted by molar-refractivity contribution is 0.00578. The van der Waals surface area contributed by atoms with E-state index in [-0.39, 0.29) is 0 Å². The van der Waals surface area contributed by atoms with Gasteiger partial charge >= 0.3 is 13.2 Å². The number of aryl methyl sites for hydroxylation is 1. The Hall–Kier alpha value is -1.79. The first kappa shape index (κ1) is 19.0. The Morgan fingerprint density at radius 1 is 1.12 bits per heavy atom. The summed E-state index contributed by atoms with van der Waals surface area (Å²) in [5, 5.41) is 0.931. The van der Waals surface area contributed by atoms with Crippen molar-refractivity contribution < 1.29 is 18.8 Å². The summed E-state index contributed by atoms with van der Waals surface area (Å²) in [4.78, 5) is 12.7. The van der Waals surface area contributed by atoms with E-state index >= 15 is 0 Å². The van der Waals surface area contributed by atoms with Crippen LogP contribution in [0.3, 0.4) is 0 Å². The third kappa shape index (κ3) is 3.28. The zero-order valence-corrected chi connectivity index (χ0v) is 17.0. The number of hydrogen-bond acceptors (Lipinski definition) is 4. The van der Waals surface area contributed by atoms with Crippen molar-refractivity contribution in [3.8, 4) is 0 Å². The summed E-state index contributed by atoms with van der Waals surface area (Å²) in [6.07, 6.45) is 1.37. The molecule has 2 heterocycles. The molecular weight excluding hydrogens is 329 g/mol. The van der Waals surface area contributed by atoms with Gasteiger partial charge in [-0.1, -0.05) is 12.1 Å². The van der Waals surface area contributed by atoms with E-state index in [0.717, 1.165) is 21.9 Å². The number of benzene rings is 1. The number of carbonyl (C=O) groups excluding carboxylic acids is 1. The SMILES string of the molecule is Cc1ccc2c(B3OC(C)(C)C(C)(C)O3)cn(C(=O)OC(C)(C)C)c2c1. The molecule has 0 unspecified atom stereocenters. The third-order valence-electron chi connectivity index (χ3n) is 5.09. The molecule has 140 valence electrons. The lowest BCUT2D eigenvalue weighted by Crippen LogP contribution is -2.41. The van der Waals surface area contributed by atoms with Crippen molar-refractivity contribution in [3.05, 3.63) is 30.0 Å². The van der Waals surface area contributed by atoms with Crippen molar-refractivity contribution in [2.45, 2.75) is 72.2 Å². The molecule has 0 amide bonds. The van der Waals surface area contributed by atoms with Gasteiger partial charge in [-0.2, -0.15) is 0 Å². The zero-order valence-electron chi connectivity index (χ0n) is 17.0. The van der Waals surface area contributed by atoms with Crippen LogP contribution in [0.15, 0.2) is 24.4 Å². The van der Waals surface area contributed by atoms with Crippen molar-refractivity contribution in [2.75, 3.05) is 0 Å². The summed E-state index contributed by atoms with van der Waals surface area (Å²) in [6.45, 7) is 15.6. The summed E-state index contributed by atoms with van der Waals surface area (Å²) in [5.41, 5.74) is 1.25. The normalized spacial score (nSPS) is 19.2. The summed E-state index contributed by atoms with van der Waals surface area (Å²) >= 11 is 0. The molecule has 1 aromatic carbocycles. The molecule has 1 fully saturated rings. The average molecular weight is 357 g/mol. The third-order valence-corrected chi connectivity index (χ3v) is 5.09. The topological polar surface area (TPSA) is 49.7 Å². The van der Waals surface area contributed by atoms with Gasteiger partial charge in [0.1, 0.15) is 5.60 Å². The van der Waals surface area contributed by atoms with Crippen LogP contribution >= 0.6 is 0 Å². The molecule has 0 N–H and O–H groups in total. The van der Waals surface area contributed by atoms with Gasteiger partial charge in [-0.3, -0.25) is 4.57 Å². The highest BCUT2D eigenvalue weighted by atomic mass is 16.7. The van der Waals surface area contributed by atoms with Crippen LogP contribution in [0.5, 0.6) is 0 Å². The number of carbonyl (C=O) groups is 1. The predicted octanol–water partition coefficient (Wildman–Crippen LogP) is 4.03. The number of rotatable bonds is 1. The first-order chi connectivity index (χ1) is 11.8. The van der Waals surface area contributed by atoms with E-state index in [1.165, 1.54) is 0 Å². The van der Waals surface area contributed by atoms with Gasteiger partial charge in [0, 0.05) is 11.7 Å². The minimum absolute atomic E-state index is 0.407. The Morgan fingerprint density at radius 2 is 1.69 bits per heavy atom. The van der Waals surface area contributed by atoms with E-state index < -0.39 is 30.0 Å². The van der Waals surface area contributed by atoms with Crippen molar-refractivity contribution in [1.82, 2.24) is 4.57 Å². The Balaban J connectivity index is 2.09. The average Bonchev–Trinajstić information content (AvgIpc) is 2.91. The maximum absolute atomic E-state index is 12.7. The van der Waals surface area contributed by atoms with E-state index in [4.69, 9.17) is 14.0 Å². The molecule has 0 aliphatic carbocycles. The highest BCUT2D eigenvalue weighted by Crippen LogP contribution is 2.37. The Bertz CT molecular complexity index is 845. The van der Waals surface area contributed by atoms with Gasteiger partial charge in [-0.05, 0) is 72.4 Å². The molecule has 0 spiro atoms. The molecule has 26 heavy (non-hydrogen) atoms. The first-order valence-corrected chi connectivity index (χ1v) is 9.01. The Kier molecular flexibility index (Phi) is 4.28. The zero-order chi connectivity index (χ0) is 19.5. The van der Waals surface area contributed by atoms with Gasteiger partial charge in [0.15, 0.2) is 0 Å². The van der Waals surface area contributed by atoms with Crippen molar-refractivity contribution in [1.29, 1.82) is 0 Å². The van der Waals surface area contributed by atoms with E-state index in [1.807, 2.05) is 73.6 Å². The lowest BCUT2D eigenvalue weighted by Gasteiger charge is -2.32. The molecule has 0 bridgehead atoms. The van der Waals surface area contributed by atoms with Crippen LogP contribution in [0.2, 0.25) is 0 Å². The number of hydrogen-bond donors (Lipinski definition) is 0. The minimum Gasteiger partial charge on any atom is -0.443 e. The molecule has 1 aliphatic heterocycles. The summed E-state index contributed by atoms with van der Waals surface area (Å²) in [5.74, 6) is 0. The molecule has 1 aliphatic rings. The smallest absolute Gasteiger partial charge is 0.443 e. The maximum atomic E-state index is 12.7. The predicted molar refractivity (Wildman–Crippen MR) is 104 cm³/mol. The van der Waals surface area contributed by atoms with Crippen LogP contribution in [-0.2, 0) is 14.0 Å². The van der Waals surface area contributed by atoms with Gasteiger partial charge < -0.3 is 14.0 Å². The van der Waals surface area contributed by atoms with Crippen molar-refractivity contribution in [2.24, 2.45) is 0 Å². The molecule has 5 nitrogen and oxygen atoms in total. The van der Waals surface area contributed by atoms with Gasteiger partial charge in [-0.15, -0.1) is 0 Å². The number of aromatic nitrogens is 1. The molecular formula is C20H28BNO4. The standard InChI is InChI=1S/C20H28BNO4/c1-13-9-10-14-15(21-25-19(5,6)20(7,8)26-21)12-22(16(14)11-13)17(23)24-18(2,3)4/h9-12H,1-8H3. The van der Waals surface area contributed by atoms with Crippen molar-refractivity contribution >= 4 is 29.6 Å².